The third kappa shape index (κ3) is 3.27. The second-order valence-electron chi connectivity index (χ2n) is 5.73. The summed E-state index contributed by atoms with van der Waals surface area (Å²) in [5.74, 6) is -0.0441. The van der Waals surface area contributed by atoms with Crippen molar-refractivity contribution in [3.05, 3.63) is 59.9 Å². The largest absolute Gasteiger partial charge is 0.372 e. The topological polar surface area (TPSA) is 45.2 Å². The first-order chi connectivity index (χ1) is 10.7. The summed E-state index contributed by atoms with van der Waals surface area (Å²) in [7, 11) is 0. The lowest BCUT2D eigenvalue weighted by Crippen LogP contribution is -2.27. The lowest BCUT2D eigenvalue weighted by atomic mass is 10.1. The van der Waals surface area contributed by atoms with E-state index in [0.717, 1.165) is 24.3 Å². The van der Waals surface area contributed by atoms with Crippen molar-refractivity contribution in [3.8, 4) is 0 Å². The van der Waals surface area contributed by atoms with Gasteiger partial charge in [-0.3, -0.25) is 9.78 Å². The summed E-state index contributed by atoms with van der Waals surface area (Å²) in [6.45, 7) is 4.13. The number of benzene rings is 1. The number of rotatable bonds is 4. The molecule has 1 aromatic heterocycles. The van der Waals surface area contributed by atoms with Crippen molar-refractivity contribution in [3.63, 3.8) is 0 Å². The van der Waals surface area contributed by atoms with Crippen LogP contribution in [0.3, 0.4) is 0 Å². The maximum absolute atomic E-state index is 12.4. The van der Waals surface area contributed by atoms with Gasteiger partial charge in [0.2, 0.25) is 0 Å². The van der Waals surface area contributed by atoms with E-state index in [-0.39, 0.29) is 11.9 Å². The molecule has 4 nitrogen and oxygen atoms in total. The Labute approximate surface area is 131 Å². The van der Waals surface area contributed by atoms with E-state index in [0.29, 0.717) is 5.56 Å². The number of hydrogen-bond acceptors (Lipinski definition) is 3. The molecule has 1 N–H and O–H groups in total. The number of anilines is 1. The van der Waals surface area contributed by atoms with Crippen LogP contribution in [0.25, 0.3) is 0 Å². The van der Waals surface area contributed by atoms with Crippen LogP contribution in [0.5, 0.6) is 0 Å². The first kappa shape index (κ1) is 14.6. The van der Waals surface area contributed by atoms with Gasteiger partial charge >= 0.3 is 0 Å². The summed E-state index contributed by atoms with van der Waals surface area (Å²) in [6, 6.07) is 11.7. The quantitative estimate of drug-likeness (QED) is 0.942. The smallest absolute Gasteiger partial charge is 0.251 e. The van der Waals surface area contributed by atoms with Crippen LogP contribution in [0.4, 0.5) is 5.69 Å². The Hall–Kier alpha value is -2.36. The summed E-state index contributed by atoms with van der Waals surface area (Å²) in [6.07, 6.45) is 5.98. The number of carbonyl (C=O) groups excluding carboxylic acids is 1. The molecule has 1 amide bonds. The Morgan fingerprint density at radius 2 is 2.05 bits per heavy atom. The monoisotopic (exact) mass is 295 g/mol. The molecule has 1 atom stereocenters. The molecule has 0 radical (unpaired) electrons. The van der Waals surface area contributed by atoms with Crippen molar-refractivity contribution in [1.82, 2.24) is 10.3 Å². The fraction of sp³-hybridized carbons (Fsp3) is 0.333. The molecule has 0 bridgehead atoms. The molecule has 1 aliphatic heterocycles. The van der Waals surface area contributed by atoms with Gasteiger partial charge in [0.15, 0.2) is 0 Å². The molecular formula is C18H21N3O. The third-order valence-corrected chi connectivity index (χ3v) is 4.11. The second-order valence-corrected chi connectivity index (χ2v) is 5.73. The molecule has 1 aliphatic rings. The summed E-state index contributed by atoms with van der Waals surface area (Å²) < 4.78 is 0. The van der Waals surface area contributed by atoms with Gasteiger partial charge in [0.05, 0.1) is 6.04 Å². The van der Waals surface area contributed by atoms with Gasteiger partial charge in [-0.2, -0.15) is 0 Å². The van der Waals surface area contributed by atoms with Gasteiger partial charge in [0, 0.05) is 36.7 Å². The maximum atomic E-state index is 12.4. The zero-order chi connectivity index (χ0) is 15.4. The molecule has 2 heterocycles. The van der Waals surface area contributed by atoms with Crippen molar-refractivity contribution < 1.29 is 4.79 Å². The van der Waals surface area contributed by atoms with E-state index in [1.165, 1.54) is 12.8 Å². The van der Waals surface area contributed by atoms with Crippen molar-refractivity contribution in [1.29, 1.82) is 0 Å². The number of carbonyl (C=O) groups is 1. The van der Waals surface area contributed by atoms with Crippen LogP contribution in [0, 0.1) is 0 Å². The first-order valence-electron chi connectivity index (χ1n) is 7.80. The fourth-order valence-electron chi connectivity index (χ4n) is 2.81. The van der Waals surface area contributed by atoms with E-state index in [9.17, 15) is 4.79 Å². The molecule has 4 heteroatoms. The van der Waals surface area contributed by atoms with Gasteiger partial charge in [0.25, 0.3) is 5.91 Å². The Bertz CT molecular complexity index is 636. The normalized spacial score (nSPS) is 15.6. The lowest BCUT2D eigenvalue weighted by Gasteiger charge is -2.19. The van der Waals surface area contributed by atoms with E-state index < -0.39 is 0 Å². The predicted molar refractivity (Wildman–Crippen MR) is 88.0 cm³/mol. The van der Waals surface area contributed by atoms with Crippen LogP contribution < -0.4 is 10.2 Å². The highest BCUT2D eigenvalue weighted by molar-refractivity contribution is 5.95. The summed E-state index contributed by atoms with van der Waals surface area (Å²) in [5.41, 5.74) is 2.85. The summed E-state index contributed by atoms with van der Waals surface area (Å²) in [4.78, 5) is 18.9. The van der Waals surface area contributed by atoms with Gasteiger partial charge in [-0.15, -0.1) is 0 Å². The number of nitrogens with zero attached hydrogens (tertiary/aromatic N) is 2. The summed E-state index contributed by atoms with van der Waals surface area (Å²) >= 11 is 0. The van der Waals surface area contributed by atoms with Gasteiger partial charge in [0.1, 0.15) is 0 Å². The van der Waals surface area contributed by atoms with Crippen LogP contribution >= 0.6 is 0 Å². The standard InChI is InChI=1S/C18H21N3O/c1-14(16-7-5-9-19-13-16)20-18(22)15-6-4-8-17(12-15)21-10-2-3-11-21/h4-9,12-14H,2-3,10-11H2,1H3,(H,20,22)/t14-/m0/s1. The third-order valence-electron chi connectivity index (χ3n) is 4.11. The van der Waals surface area contributed by atoms with E-state index in [4.69, 9.17) is 0 Å². The van der Waals surface area contributed by atoms with Crippen LogP contribution in [-0.2, 0) is 0 Å². The van der Waals surface area contributed by atoms with E-state index in [2.05, 4.69) is 21.3 Å². The van der Waals surface area contributed by atoms with Gasteiger partial charge in [-0.05, 0) is 49.6 Å². The van der Waals surface area contributed by atoms with Crippen molar-refractivity contribution in [2.75, 3.05) is 18.0 Å². The Balaban J connectivity index is 1.71. The Morgan fingerprint density at radius 3 is 2.77 bits per heavy atom. The zero-order valence-electron chi connectivity index (χ0n) is 12.8. The Kier molecular flexibility index (Phi) is 4.37. The van der Waals surface area contributed by atoms with Crippen LogP contribution in [0.2, 0.25) is 0 Å². The highest BCUT2D eigenvalue weighted by Gasteiger charge is 2.15. The zero-order valence-corrected chi connectivity index (χ0v) is 12.8. The fourth-order valence-corrected chi connectivity index (χ4v) is 2.81. The van der Waals surface area contributed by atoms with Crippen LogP contribution in [0.1, 0.15) is 41.7 Å². The lowest BCUT2D eigenvalue weighted by molar-refractivity contribution is 0.0940. The molecule has 2 aromatic rings. The van der Waals surface area contributed by atoms with Crippen LogP contribution in [0.15, 0.2) is 48.8 Å². The molecular weight excluding hydrogens is 274 g/mol. The minimum absolute atomic E-state index is 0.0441. The van der Waals surface area contributed by atoms with Crippen molar-refractivity contribution in [2.24, 2.45) is 0 Å². The Morgan fingerprint density at radius 1 is 1.23 bits per heavy atom. The van der Waals surface area contributed by atoms with Crippen molar-refractivity contribution >= 4 is 11.6 Å². The predicted octanol–water partition coefficient (Wildman–Crippen LogP) is 3.17. The number of pyridine rings is 1. The average Bonchev–Trinajstić information content (AvgIpc) is 3.10. The SMILES string of the molecule is C[C@H](NC(=O)c1cccc(N2CCCC2)c1)c1cccnc1. The maximum Gasteiger partial charge on any atom is 0.251 e. The van der Waals surface area contributed by atoms with E-state index >= 15 is 0 Å². The number of nitrogens with one attached hydrogen (secondary N) is 1. The van der Waals surface area contributed by atoms with Gasteiger partial charge in [-0.1, -0.05) is 12.1 Å². The van der Waals surface area contributed by atoms with Gasteiger partial charge in [-0.25, -0.2) is 0 Å². The summed E-state index contributed by atoms with van der Waals surface area (Å²) in [5, 5.41) is 3.03. The number of hydrogen-bond donors (Lipinski definition) is 1. The van der Waals surface area contributed by atoms with E-state index in [1.54, 1.807) is 12.4 Å². The highest BCUT2D eigenvalue weighted by Crippen LogP contribution is 2.21. The van der Waals surface area contributed by atoms with Crippen molar-refractivity contribution in [2.45, 2.75) is 25.8 Å². The number of aromatic nitrogens is 1. The minimum Gasteiger partial charge on any atom is -0.372 e. The molecule has 1 aromatic carbocycles. The molecule has 1 saturated heterocycles. The number of amides is 1. The molecule has 0 saturated carbocycles. The molecule has 1 fully saturated rings. The second kappa shape index (κ2) is 6.60. The molecule has 114 valence electrons. The highest BCUT2D eigenvalue weighted by atomic mass is 16.1. The molecule has 0 spiro atoms. The molecule has 0 aliphatic carbocycles. The average molecular weight is 295 g/mol. The van der Waals surface area contributed by atoms with Crippen LogP contribution in [-0.4, -0.2) is 24.0 Å². The molecule has 0 unspecified atom stereocenters. The molecule has 22 heavy (non-hydrogen) atoms. The molecule has 3 rings (SSSR count). The van der Waals surface area contributed by atoms with Gasteiger partial charge < -0.3 is 10.2 Å². The minimum atomic E-state index is -0.0587. The first-order valence-corrected chi connectivity index (χ1v) is 7.80. The van der Waals surface area contributed by atoms with E-state index in [1.807, 2.05) is 37.3 Å².